The van der Waals surface area contributed by atoms with Gasteiger partial charge in [-0.15, -0.1) is 0 Å². The van der Waals surface area contributed by atoms with E-state index in [4.69, 9.17) is 16.3 Å². The molecule has 4 nitrogen and oxygen atoms in total. The van der Waals surface area contributed by atoms with Crippen molar-refractivity contribution in [1.82, 2.24) is 9.80 Å². The van der Waals surface area contributed by atoms with Crippen LogP contribution in [-0.4, -0.2) is 48.4 Å². The Bertz CT molecular complexity index is 1040. The van der Waals surface area contributed by atoms with Gasteiger partial charge in [-0.3, -0.25) is 9.69 Å². The molecule has 0 aromatic heterocycles. The summed E-state index contributed by atoms with van der Waals surface area (Å²) in [5.74, 6) is 0.790. The van der Waals surface area contributed by atoms with Crippen molar-refractivity contribution in [3.05, 3.63) is 107 Å². The number of amides is 1. The van der Waals surface area contributed by atoms with Gasteiger partial charge in [-0.2, -0.15) is 0 Å². The number of rotatable bonds is 7. The van der Waals surface area contributed by atoms with Gasteiger partial charge in [0.2, 0.25) is 0 Å². The monoisotopic (exact) mass is 446 g/mol. The van der Waals surface area contributed by atoms with E-state index in [1.54, 1.807) is 0 Å². The number of nitrogens with zero attached hydrogens (tertiary/aromatic N) is 2. The van der Waals surface area contributed by atoms with Crippen molar-refractivity contribution in [2.45, 2.75) is 6.61 Å². The zero-order valence-corrected chi connectivity index (χ0v) is 18.7. The van der Waals surface area contributed by atoms with Crippen LogP contribution in [0.1, 0.15) is 21.5 Å². The summed E-state index contributed by atoms with van der Waals surface area (Å²) < 4.78 is 5.81. The smallest absolute Gasteiger partial charge is 0.253 e. The fourth-order valence-electron chi connectivity index (χ4n) is 3.69. The van der Waals surface area contributed by atoms with E-state index < -0.39 is 0 Å². The predicted molar refractivity (Wildman–Crippen MR) is 130 cm³/mol. The second kappa shape index (κ2) is 11.0. The second-order valence-corrected chi connectivity index (χ2v) is 8.22. The van der Waals surface area contributed by atoms with Crippen LogP contribution in [0.15, 0.2) is 84.9 Å². The molecule has 0 unspecified atom stereocenters. The van der Waals surface area contributed by atoms with Gasteiger partial charge in [0.25, 0.3) is 5.91 Å². The molecule has 0 saturated carbocycles. The quantitative estimate of drug-likeness (QED) is 0.487. The first-order valence-electron chi connectivity index (χ1n) is 10.9. The highest BCUT2D eigenvalue weighted by Gasteiger charge is 2.21. The van der Waals surface area contributed by atoms with Crippen LogP contribution in [0.25, 0.3) is 6.08 Å². The molecule has 164 valence electrons. The molecule has 0 bridgehead atoms. The lowest BCUT2D eigenvalue weighted by Gasteiger charge is -2.34. The van der Waals surface area contributed by atoms with Crippen LogP contribution in [0, 0.1) is 0 Å². The Balaban J connectivity index is 1.24. The van der Waals surface area contributed by atoms with Gasteiger partial charge in [-0.25, -0.2) is 0 Å². The third-order valence-electron chi connectivity index (χ3n) is 5.59. The summed E-state index contributed by atoms with van der Waals surface area (Å²) in [6.07, 6.45) is 4.33. The molecule has 1 aliphatic rings. The second-order valence-electron chi connectivity index (χ2n) is 7.81. The topological polar surface area (TPSA) is 32.8 Å². The van der Waals surface area contributed by atoms with Crippen LogP contribution >= 0.6 is 11.6 Å². The molecule has 0 atom stereocenters. The normalized spacial score (nSPS) is 14.6. The molecule has 32 heavy (non-hydrogen) atoms. The lowest BCUT2D eigenvalue weighted by molar-refractivity contribution is 0.0650. The number of hydrogen-bond acceptors (Lipinski definition) is 3. The van der Waals surface area contributed by atoms with Crippen molar-refractivity contribution in [3.63, 3.8) is 0 Å². The molecule has 4 rings (SSSR count). The molecule has 1 saturated heterocycles. The number of hydrogen-bond donors (Lipinski definition) is 0. The molecular weight excluding hydrogens is 420 g/mol. The van der Waals surface area contributed by atoms with Crippen molar-refractivity contribution in [1.29, 1.82) is 0 Å². The highest BCUT2D eigenvalue weighted by molar-refractivity contribution is 6.31. The summed E-state index contributed by atoms with van der Waals surface area (Å²) in [6.45, 7) is 4.53. The van der Waals surface area contributed by atoms with Crippen molar-refractivity contribution in [3.8, 4) is 5.75 Å². The van der Waals surface area contributed by atoms with Crippen LogP contribution in [0.5, 0.6) is 5.75 Å². The first-order valence-corrected chi connectivity index (χ1v) is 11.3. The van der Waals surface area contributed by atoms with Gasteiger partial charge in [0.1, 0.15) is 12.4 Å². The van der Waals surface area contributed by atoms with Crippen molar-refractivity contribution < 1.29 is 9.53 Å². The molecule has 5 heteroatoms. The van der Waals surface area contributed by atoms with E-state index in [1.165, 1.54) is 5.56 Å². The first-order chi connectivity index (χ1) is 15.7. The minimum Gasteiger partial charge on any atom is -0.489 e. The minimum absolute atomic E-state index is 0.0714. The maximum absolute atomic E-state index is 12.9. The van der Waals surface area contributed by atoms with Gasteiger partial charge >= 0.3 is 0 Å². The summed E-state index contributed by atoms with van der Waals surface area (Å²) in [5, 5.41) is 0.689. The molecule has 1 aliphatic heterocycles. The Labute approximate surface area is 194 Å². The molecule has 3 aromatic rings. The standard InChI is InChI=1S/C27H27ClN2O2/c28-26-11-5-4-10-24(26)21-32-25-14-12-23(13-15-25)27(31)30-19-17-29(18-20-30)16-6-9-22-7-2-1-3-8-22/h1-15H,16-21H2/b9-6+. The average molecular weight is 447 g/mol. The van der Waals surface area contributed by atoms with Crippen LogP contribution < -0.4 is 4.74 Å². The molecule has 0 radical (unpaired) electrons. The molecule has 1 amide bonds. The summed E-state index contributed by atoms with van der Waals surface area (Å²) >= 11 is 6.17. The minimum atomic E-state index is 0.0714. The van der Waals surface area contributed by atoms with E-state index in [9.17, 15) is 4.79 Å². The zero-order chi connectivity index (χ0) is 22.2. The Kier molecular flexibility index (Phi) is 7.59. The van der Waals surface area contributed by atoms with E-state index >= 15 is 0 Å². The Morgan fingerprint density at radius 2 is 1.56 bits per heavy atom. The fourth-order valence-corrected chi connectivity index (χ4v) is 3.88. The zero-order valence-electron chi connectivity index (χ0n) is 18.0. The summed E-state index contributed by atoms with van der Waals surface area (Å²) in [7, 11) is 0. The summed E-state index contributed by atoms with van der Waals surface area (Å²) in [4.78, 5) is 17.2. The number of ether oxygens (including phenoxy) is 1. The lowest BCUT2D eigenvalue weighted by atomic mass is 10.1. The van der Waals surface area contributed by atoms with E-state index in [1.807, 2.05) is 71.6 Å². The van der Waals surface area contributed by atoms with Crippen molar-refractivity contribution >= 4 is 23.6 Å². The van der Waals surface area contributed by atoms with E-state index in [2.05, 4.69) is 29.2 Å². The number of carbonyl (C=O) groups is 1. The van der Waals surface area contributed by atoms with Gasteiger partial charge < -0.3 is 9.64 Å². The van der Waals surface area contributed by atoms with Gasteiger partial charge in [-0.1, -0.05) is 72.3 Å². The van der Waals surface area contributed by atoms with E-state index in [0.717, 1.165) is 44.0 Å². The molecule has 0 aliphatic carbocycles. The fraction of sp³-hybridized carbons (Fsp3) is 0.222. The van der Waals surface area contributed by atoms with Gasteiger partial charge in [0.15, 0.2) is 0 Å². The van der Waals surface area contributed by atoms with Crippen molar-refractivity contribution in [2.24, 2.45) is 0 Å². The van der Waals surface area contributed by atoms with Crippen LogP contribution in [-0.2, 0) is 6.61 Å². The average Bonchev–Trinajstić information content (AvgIpc) is 2.85. The van der Waals surface area contributed by atoms with Gasteiger partial charge in [-0.05, 0) is 35.9 Å². The third-order valence-corrected chi connectivity index (χ3v) is 5.96. The van der Waals surface area contributed by atoms with E-state index in [-0.39, 0.29) is 5.91 Å². The third kappa shape index (κ3) is 6.00. The molecule has 3 aromatic carbocycles. The summed E-state index contributed by atoms with van der Waals surface area (Å²) in [5.41, 5.74) is 2.83. The number of carbonyl (C=O) groups excluding carboxylic acids is 1. The highest BCUT2D eigenvalue weighted by Crippen LogP contribution is 2.20. The SMILES string of the molecule is O=C(c1ccc(OCc2ccccc2Cl)cc1)N1CCN(C/C=C/c2ccccc2)CC1. The molecule has 0 spiro atoms. The van der Waals surface area contributed by atoms with Gasteiger partial charge in [0, 0.05) is 48.9 Å². The van der Waals surface area contributed by atoms with Gasteiger partial charge in [0.05, 0.1) is 0 Å². The molecular formula is C27H27ClN2O2. The maximum Gasteiger partial charge on any atom is 0.253 e. The van der Waals surface area contributed by atoms with Crippen LogP contribution in [0.2, 0.25) is 5.02 Å². The predicted octanol–water partition coefficient (Wildman–Crippen LogP) is 5.39. The number of piperazine rings is 1. The molecule has 1 heterocycles. The maximum atomic E-state index is 12.9. The largest absolute Gasteiger partial charge is 0.489 e. The Morgan fingerprint density at radius 1 is 0.875 bits per heavy atom. The highest BCUT2D eigenvalue weighted by atomic mass is 35.5. The molecule has 0 N–H and O–H groups in total. The Hall–Kier alpha value is -3.08. The van der Waals surface area contributed by atoms with E-state index in [0.29, 0.717) is 17.2 Å². The first kappa shape index (κ1) is 22.1. The number of benzene rings is 3. The van der Waals surface area contributed by atoms with Crippen LogP contribution in [0.4, 0.5) is 0 Å². The number of halogens is 1. The summed E-state index contributed by atoms with van der Waals surface area (Å²) in [6, 6.07) is 25.3. The van der Waals surface area contributed by atoms with Crippen molar-refractivity contribution in [2.75, 3.05) is 32.7 Å². The van der Waals surface area contributed by atoms with Crippen LogP contribution in [0.3, 0.4) is 0 Å². The Morgan fingerprint density at radius 3 is 2.28 bits per heavy atom. The lowest BCUT2D eigenvalue weighted by Crippen LogP contribution is -2.48. The molecule has 1 fully saturated rings.